The second kappa shape index (κ2) is 23.4. The molecule has 380 valence electrons. The van der Waals surface area contributed by atoms with E-state index in [9.17, 15) is 14.2 Å². The zero-order chi connectivity index (χ0) is 51.0. The van der Waals surface area contributed by atoms with E-state index in [1.807, 2.05) is 35.5 Å². The summed E-state index contributed by atoms with van der Waals surface area (Å²) in [7, 11) is -4.20. The van der Waals surface area contributed by atoms with Gasteiger partial charge in [0.05, 0.1) is 50.0 Å². The summed E-state index contributed by atoms with van der Waals surface area (Å²) in [6.07, 6.45) is 12.6. The Morgan fingerprint density at radius 1 is 0.771 bits per heavy atom. The predicted molar refractivity (Wildman–Crippen MR) is 273 cm³/mol. The number of hydrogen-bond donors (Lipinski definition) is 0. The van der Waals surface area contributed by atoms with Crippen LogP contribution in [0, 0.1) is 11.8 Å². The average Bonchev–Trinajstić information content (AvgIpc) is 4.15. The summed E-state index contributed by atoms with van der Waals surface area (Å²) < 4.78 is 46.8. The topological polar surface area (TPSA) is 230 Å². The number of carbonyl (C=O) groups is 2. The van der Waals surface area contributed by atoms with Crippen LogP contribution in [0.2, 0.25) is 51.4 Å². The van der Waals surface area contributed by atoms with Crippen LogP contribution in [-0.2, 0) is 50.9 Å². The van der Waals surface area contributed by atoms with E-state index in [1.165, 1.54) is 5.57 Å². The van der Waals surface area contributed by atoms with E-state index in [1.54, 1.807) is 27.2 Å². The highest BCUT2D eigenvalue weighted by Gasteiger charge is 2.43. The Morgan fingerprint density at radius 3 is 1.64 bits per heavy atom. The number of nitrogens with zero attached hydrogens (tertiary/aromatic N) is 12. The first-order valence-corrected chi connectivity index (χ1v) is 33.1. The number of rotatable bonds is 19. The summed E-state index contributed by atoms with van der Waals surface area (Å²) >= 11 is 0. The lowest BCUT2D eigenvalue weighted by Crippen LogP contribution is -2.22. The van der Waals surface area contributed by atoms with Gasteiger partial charge in [-0.1, -0.05) is 53.1 Å². The Morgan fingerprint density at radius 2 is 1.24 bits per heavy atom. The van der Waals surface area contributed by atoms with E-state index >= 15 is 0 Å². The van der Waals surface area contributed by atoms with Crippen LogP contribution in [0.1, 0.15) is 83.8 Å². The number of aromatic nitrogens is 10. The third-order valence-corrected chi connectivity index (χ3v) is 18.0. The molecule has 0 aliphatic heterocycles. The van der Waals surface area contributed by atoms with Gasteiger partial charge in [-0.3, -0.25) is 18.4 Å². The van der Waals surface area contributed by atoms with Crippen LogP contribution in [0.4, 0.5) is 0 Å². The van der Waals surface area contributed by atoms with Crippen LogP contribution in [0.3, 0.4) is 0 Å². The largest absolute Gasteiger partial charge is 0.504 e. The first-order chi connectivity index (χ1) is 33.2. The van der Waals surface area contributed by atoms with E-state index in [4.69, 9.17) is 28.8 Å². The lowest BCUT2D eigenvalue weighted by Gasteiger charge is -2.15. The fourth-order valence-corrected chi connectivity index (χ4v) is 11.8. The van der Waals surface area contributed by atoms with E-state index in [0.717, 1.165) is 90.3 Å². The first-order valence-electron chi connectivity index (χ1n) is 24.1. The van der Waals surface area contributed by atoms with Crippen molar-refractivity contribution in [2.24, 2.45) is 11.8 Å². The number of carbonyl (C=O) groups excluding carboxylic acids is 2. The van der Waals surface area contributed by atoms with Crippen LogP contribution in [0.25, 0.3) is 39.2 Å². The minimum atomic E-state index is -3.74. The Bertz CT molecular complexity index is 2900. The first kappa shape index (κ1) is 54.3. The Balaban J connectivity index is 0.000000183. The van der Waals surface area contributed by atoms with Gasteiger partial charge in [0, 0.05) is 73.4 Å². The van der Waals surface area contributed by atoms with Crippen molar-refractivity contribution in [3.8, 4) is 0 Å². The molecule has 4 unspecified atom stereocenters. The van der Waals surface area contributed by atoms with Gasteiger partial charge < -0.3 is 37.9 Å². The molecule has 8 rings (SSSR count). The number of allylic oxidation sites excluding steroid dienone is 1. The number of ether oxygens (including phenoxy) is 3. The van der Waals surface area contributed by atoms with Crippen molar-refractivity contribution in [2.75, 3.05) is 33.5 Å². The number of methoxy groups -OCH3 is 1. The molecule has 0 amide bonds. The third-order valence-electron chi connectivity index (χ3n) is 12.4. The SMILES string of the molecule is CC1CC(=O)CC1c1nnc2cnc3c(ccn3COCC[Si](C)(C)C)n12.CCOP(=O)(OCC)C(=[N+]=[N-])C(C)=O.COC=C1CC(C)C(c2nnc3cnc4c(ccn4COCC[Si](C)(C)C)n23)C1. The lowest BCUT2D eigenvalue weighted by atomic mass is 9.97. The van der Waals surface area contributed by atoms with Gasteiger partial charge in [-0.15, -0.1) is 20.4 Å². The van der Waals surface area contributed by atoms with Gasteiger partial charge in [-0.25, -0.2) is 14.5 Å². The van der Waals surface area contributed by atoms with Crippen molar-refractivity contribution < 1.29 is 42.2 Å². The molecule has 6 aromatic heterocycles. The molecule has 0 aromatic carbocycles. The Kier molecular flexibility index (Phi) is 18.2. The van der Waals surface area contributed by atoms with Crippen LogP contribution >= 0.6 is 7.60 Å². The monoisotopic (exact) mass is 1020 g/mol. The quantitative estimate of drug-likeness (QED) is 0.0140. The van der Waals surface area contributed by atoms with Gasteiger partial charge in [0.1, 0.15) is 30.9 Å². The highest BCUT2D eigenvalue weighted by molar-refractivity contribution is 7.74. The van der Waals surface area contributed by atoms with Crippen molar-refractivity contribution in [3.05, 3.63) is 65.9 Å². The fraction of sp³-hybridized carbons (Fsp3) is 0.596. The Hall–Kier alpha value is -5.06. The number of Topliss-reactive ketones (excluding diaryl/α,β-unsaturated/α-hetero) is 2. The molecule has 2 aliphatic rings. The van der Waals surface area contributed by atoms with E-state index in [0.29, 0.717) is 49.8 Å². The van der Waals surface area contributed by atoms with Crippen molar-refractivity contribution in [2.45, 2.75) is 137 Å². The second-order valence-electron chi connectivity index (χ2n) is 20.6. The normalized spacial score (nSPS) is 19.2. The van der Waals surface area contributed by atoms with Crippen LogP contribution in [0.15, 0.2) is 48.8 Å². The number of hydrogen-bond acceptors (Lipinski definition) is 14. The molecule has 20 nitrogen and oxygen atoms in total. The summed E-state index contributed by atoms with van der Waals surface area (Å²) in [6.45, 7) is 25.6. The molecule has 70 heavy (non-hydrogen) atoms. The van der Waals surface area contributed by atoms with Gasteiger partial charge in [0.25, 0.3) is 0 Å². The van der Waals surface area contributed by atoms with E-state index in [-0.39, 0.29) is 19.1 Å². The Labute approximate surface area is 411 Å². The summed E-state index contributed by atoms with van der Waals surface area (Å²) in [5.41, 5.74) is 14.6. The molecule has 0 spiro atoms. The molecule has 0 radical (unpaired) electrons. The van der Waals surface area contributed by atoms with Gasteiger partial charge in [0.2, 0.25) is 5.78 Å². The third kappa shape index (κ3) is 13.1. The zero-order valence-corrected chi connectivity index (χ0v) is 45.8. The molecular weight excluding hydrogens is 948 g/mol. The summed E-state index contributed by atoms with van der Waals surface area (Å²) in [5.74, 6) is 2.78. The zero-order valence-electron chi connectivity index (χ0n) is 42.9. The van der Waals surface area contributed by atoms with Crippen molar-refractivity contribution >= 4 is 74.4 Å². The van der Waals surface area contributed by atoms with Crippen molar-refractivity contribution in [1.29, 1.82) is 0 Å². The molecule has 23 heteroatoms. The number of ketones is 2. The molecule has 0 N–H and O–H groups in total. The standard InChI is InChI=1S/C21H31N5O2Si.C19H27N5O2Si.C7H13N2O4P/c1-15-10-16(13-27-2)11-17(15)20-24-23-19-12-22-21-18(26(19)20)6-7-25(21)14-28-8-9-29(3,4)5;1-13-9-14(25)10-15(13)18-22-21-17-11-20-19-16(24(17)18)5-6-23(19)12-26-7-8-27(2,3)4;1-4-12-14(11,13-5-2)7(9-8)6(3)10/h6-7,12-13,15,17H,8-11,14H2,1-5H3;5-6,11,13,15H,7-10,12H2,1-4H3;4-5H2,1-3H3. The molecule has 0 saturated heterocycles. The smallest absolute Gasteiger partial charge is 0.446 e. The molecule has 2 aliphatic carbocycles. The molecular formula is C47H71N12O8PSi2. The summed E-state index contributed by atoms with van der Waals surface area (Å²) in [4.78, 5) is 34.7. The molecule has 2 fully saturated rings. The maximum atomic E-state index is 11.9. The fourth-order valence-electron chi connectivity index (χ4n) is 8.75. The van der Waals surface area contributed by atoms with Crippen LogP contribution in [0.5, 0.6) is 0 Å². The summed E-state index contributed by atoms with van der Waals surface area (Å²) in [6, 6.07) is 6.44. The second-order valence-corrected chi connectivity index (χ2v) is 33.7. The minimum Gasteiger partial charge on any atom is -0.504 e. The minimum absolute atomic E-state index is 0.101. The molecule has 6 heterocycles. The van der Waals surface area contributed by atoms with Gasteiger partial charge in [-0.2, -0.15) is 4.79 Å². The maximum Gasteiger partial charge on any atom is 0.446 e. The highest BCUT2D eigenvalue weighted by atomic mass is 31.2. The van der Waals surface area contributed by atoms with E-state index < -0.39 is 35.0 Å². The van der Waals surface area contributed by atoms with Gasteiger partial charge in [0.15, 0.2) is 22.6 Å². The molecule has 0 bridgehead atoms. The van der Waals surface area contributed by atoms with E-state index in [2.05, 4.69) is 108 Å². The lowest BCUT2D eigenvalue weighted by molar-refractivity contribution is -0.117. The van der Waals surface area contributed by atoms with Crippen molar-refractivity contribution in [1.82, 2.24) is 48.3 Å². The van der Waals surface area contributed by atoms with Crippen LogP contribution < -0.4 is 0 Å². The molecule has 2 saturated carbocycles. The predicted octanol–water partition coefficient (Wildman–Crippen LogP) is 9.38. The highest BCUT2D eigenvalue weighted by Crippen LogP contribution is 2.49. The molecule has 6 aromatic rings. The average molecular weight is 1020 g/mol. The van der Waals surface area contributed by atoms with Crippen LogP contribution in [-0.4, -0.2) is 120 Å². The van der Waals surface area contributed by atoms with Gasteiger partial charge in [-0.05, 0) is 68.3 Å². The number of fused-ring (bicyclic) bond motifs is 6. The van der Waals surface area contributed by atoms with Crippen molar-refractivity contribution in [3.63, 3.8) is 0 Å². The maximum absolute atomic E-state index is 11.9. The molecule has 4 atom stereocenters. The summed E-state index contributed by atoms with van der Waals surface area (Å²) in [5, 5.41) is 17.6. The van der Waals surface area contributed by atoms with Gasteiger partial charge >= 0.3 is 13.0 Å².